The van der Waals surface area contributed by atoms with Crippen LogP contribution < -0.4 is 4.90 Å². The third kappa shape index (κ3) is 4.72. The summed E-state index contributed by atoms with van der Waals surface area (Å²) in [7, 11) is 0. The van der Waals surface area contributed by atoms with Crippen LogP contribution in [0.5, 0.6) is 0 Å². The number of rotatable bonds is 4. The molecule has 1 aliphatic heterocycles. The lowest BCUT2D eigenvalue weighted by Crippen LogP contribution is -2.47. The Kier molecular flexibility index (Phi) is 5.28. The van der Waals surface area contributed by atoms with E-state index in [1.807, 2.05) is 32.9 Å². The predicted octanol–water partition coefficient (Wildman–Crippen LogP) is 3.47. The minimum Gasteiger partial charge on any atom is -0.369 e. The third-order valence-corrected chi connectivity index (χ3v) is 4.31. The molecule has 0 spiro atoms. The number of nitrogens with zero attached hydrogens (tertiary/aromatic N) is 2. The van der Waals surface area contributed by atoms with Gasteiger partial charge in [0.15, 0.2) is 0 Å². The highest BCUT2D eigenvalue weighted by Gasteiger charge is 2.23. The Balaban J connectivity index is 1.78. The van der Waals surface area contributed by atoms with Gasteiger partial charge in [0.25, 0.3) is 0 Å². The lowest BCUT2D eigenvalue weighted by molar-refractivity contribution is -0.126. The molecule has 3 nitrogen and oxygen atoms in total. The van der Waals surface area contributed by atoms with Gasteiger partial charge in [-0.3, -0.25) is 9.69 Å². The van der Waals surface area contributed by atoms with E-state index in [9.17, 15) is 4.79 Å². The summed E-state index contributed by atoms with van der Waals surface area (Å²) in [5.74, 6) is 0.350. The van der Waals surface area contributed by atoms with Crippen LogP contribution in [-0.2, 0) is 4.79 Å². The number of halogens is 1. The summed E-state index contributed by atoms with van der Waals surface area (Å²) < 4.78 is 0. The number of benzene rings is 1. The number of carbonyl (C=O) groups is 1. The minimum atomic E-state index is -0.217. The first kappa shape index (κ1) is 16.3. The van der Waals surface area contributed by atoms with Gasteiger partial charge in [0.05, 0.1) is 0 Å². The second kappa shape index (κ2) is 6.80. The normalized spacial score (nSPS) is 17.0. The molecular weight excluding hydrogens is 284 g/mol. The molecule has 21 heavy (non-hydrogen) atoms. The van der Waals surface area contributed by atoms with Gasteiger partial charge < -0.3 is 4.90 Å². The van der Waals surface area contributed by atoms with Crippen LogP contribution in [-0.4, -0.2) is 43.4 Å². The van der Waals surface area contributed by atoms with Crippen LogP contribution in [0.15, 0.2) is 24.3 Å². The van der Waals surface area contributed by atoms with Gasteiger partial charge in [-0.2, -0.15) is 0 Å². The van der Waals surface area contributed by atoms with Crippen LogP contribution in [0.2, 0.25) is 5.02 Å². The van der Waals surface area contributed by atoms with E-state index < -0.39 is 0 Å². The molecule has 1 heterocycles. The molecule has 2 rings (SSSR count). The van der Waals surface area contributed by atoms with Crippen LogP contribution >= 0.6 is 11.6 Å². The van der Waals surface area contributed by atoms with E-state index in [-0.39, 0.29) is 5.41 Å². The molecule has 0 amide bonds. The van der Waals surface area contributed by atoms with Gasteiger partial charge in [0, 0.05) is 55.3 Å². The number of ketones is 1. The molecule has 0 aliphatic carbocycles. The number of hydrogen-bond acceptors (Lipinski definition) is 3. The highest BCUT2D eigenvalue weighted by Crippen LogP contribution is 2.20. The lowest BCUT2D eigenvalue weighted by atomic mass is 9.89. The molecule has 0 unspecified atom stereocenters. The quantitative estimate of drug-likeness (QED) is 0.851. The van der Waals surface area contributed by atoms with Gasteiger partial charge >= 0.3 is 0 Å². The van der Waals surface area contributed by atoms with Crippen molar-refractivity contribution < 1.29 is 4.79 Å². The zero-order chi connectivity index (χ0) is 15.5. The standard InChI is InChI=1S/C17H25ClN2O/c1-17(2,3)16(21)8-9-19-10-12-20(13-11-19)15-6-4-14(18)5-7-15/h4-7H,8-13H2,1-3H3. The summed E-state index contributed by atoms with van der Waals surface area (Å²) in [5, 5.41) is 0.776. The third-order valence-electron chi connectivity index (χ3n) is 4.06. The van der Waals surface area contributed by atoms with Gasteiger partial charge in [-0.15, -0.1) is 0 Å². The summed E-state index contributed by atoms with van der Waals surface area (Å²) in [4.78, 5) is 16.7. The van der Waals surface area contributed by atoms with E-state index in [2.05, 4.69) is 21.9 Å². The maximum Gasteiger partial charge on any atom is 0.139 e. The predicted molar refractivity (Wildman–Crippen MR) is 89.2 cm³/mol. The molecule has 116 valence electrons. The Morgan fingerprint density at radius 3 is 2.19 bits per heavy atom. The molecule has 4 heteroatoms. The molecular formula is C17H25ClN2O. The van der Waals surface area contributed by atoms with Crippen molar-refractivity contribution in [3.63, 3.8) is 0 Å². The summed E-state index contributed by atoms with van der Waals surface area (Å²) >= 11 is 5.92. The first-order valence-electron chi connectivity index (χ1n) is 7.62. The molecule has 1 saturated heterocycles. The highest BCUT2D eigenvalue weighted by atomic mass is 35.5. The molecule has 0 radical (unpaired) electrons. The van der Waals surface area contributed by atoms with Crippen molar-refractivity contribution in [2.45, 2.75) is 27.2 Å². The number of Topliss-reactive ketones (excluding diaryl/α,β-unsaturated/α-hetero) is 1. The summed E-state index contributed by atoms with van der Waals surface area (Å²) in [6.07, 6.45) is 0.657. The number of anilines is 1. The molecule has 0 bridgehead atoms. The molecule has 1 aromatic rings. The second-order valence-electron chi connectivity index (χ2n) is 6.73. The topological polar surface area (TPSA) is 23.6 Å². The van der Waals surface area contributed by atoms with Crippen LogP contribution in [0, 0.1) is 5.41 Å². The molecule has 1 aliphatic rings. The van der Waals surface area contributed by atoms with Crippen LogP contribution in [0.1, 0.15) is 27.2 Å². The molecule has 0 saturated carbocycles. The number of piperazine rings is 1. The fourth-order valence-electron chi connectivity index (χ4n) is 2.52. The monoisotopic (exact) mass is 308 g/mol. The van der Waals surface area contributed by atoms with Crippen molar-refractivity contribution in [3.8, 4) is 0 Å². The molecule has 1 fully saturated rings. The van der Waals surface area contributed by atoms with Gasteiger partial charge in [0.2, 0.25) is 0 Å². The summed E-state index contributed by atoms with van der Waals surface area (Å²) in [6, 6.07) is 8.01. The van der Waals surface area contributed by atoms with Crippen molar-refractivity contribution >= 4 is 23.1 Å². The van der Waals surface area contributed by atoms with E-state index in [1.54, 1.807) is 0 Å². The fourth-order valence-corrected chi connectivity index (χ4v) is 2.64. The highest BCUT2D eigenvalue weighted by molar-refractivity contribution is 6.30. The number of hydrogen-bond donors (Lipinski definition) is 0. The Labute approximate surface area is 132 Å². The van der Waals surface area contributed by atoms with Gasteiger partial charge in [-0.1, -0.05) is 32.4 Å². The maximum absolute atomic E-state index is 12.0. The van der Waals surface area contributed by atoms with Crippen molar-refractivity contribution in [1.82, 2.24) is 4.90 Å². The summed E-state index contributed by atoms with van der Waals surface area (Å²) in [5.41, 5.74) is 1.01. The first-order chi connectivity index (χ1) is 9.86. The van der Waals surface area contributed by atoms with Crippen molar-refractivity contribution in [2.75, 3.05) is 37.6 Å². The van der Waals surface area contributed by atoms with Gasteiger partial charge in [-0.05, 0) is 24.3 Å². The smallest absolute Gasteiger partial charge is 0.139 e. The summed E-state index contributed by atoms with van der Waals surface area (Å²) in [6.45, 7) is 10.9. The van der Waals surface area contributed by atoms with Crippen LogP contribution in [0.3, 0.4) is 0 Å². The molecule has 0 atom stereocenters. The SMILES string of the molecule is CC(C)(C)C(=O)CCN1CCN(c2ccc(Cl)cc2)CC1. The van der Waals surface area contributed by atoms with E-state index in [0.717, 1.165) is 37.7 Å². The van der Waals surface area contributed by atoms with E-state index in [1.165, 1.54) is 5.69 Å². The van der Waals surface area contributed by atoms with Crippen LogP contribution in [0.4, 0.5) is 5.69 Å². The molecule has 0 N–H and O–H groups in total. The fraction of sp³-hybridized carbons (Fsp3) is 0.588. The van der Waals surface area contributed by atoms with Crippen molar-refractivity contribution in [1.29, 1.82) is 0 Å². The average Bonchev–Trinajstić information content (AvgIpc) is 2.45. The Morgan fingerprint density at radius 2 is 1.67 bits per heavy atom. The minimum absolute atomic E-state index is 0.217. The Hall–Kier alpha value is -1.06. The zero-order valence-electron chi connectivity index (χ0n) is 13.2. The van der Waals surface area contributed by atoms with E-state index in [0.29, 0.717) is 12.2 Å². The zero-order valence-corrected chi connectivity index (χ0v) is 14.0. The largest absolute Gasteiger partial charge is 0.369 e. The first-order valence-corrected chi connectivity index (χ1v) is 8.00. The van der Waals surface area contributed by atoms with E-state index >= 15 is 0 Å². The second-order valence-corrected chi connectivity index (χ2v) is 7.16. The van der Waals surface area contributed by atoms with Gasteiger partial charge in [-0.25, -0.2) is 0 Å². The Bertz CT molecular complexity index is 471. The van der Waals surface area contributed by atoms with Crippen molar-refractivity contribution in [2.24, 2.45) is 5.41 Å². The van der Waals surface area contributed by atoms with Crippen molar-refractivity contribution in [3.05, 3.63) is 29.3 Å². The van der Waals surface area contributed by atoms with E-state index in [4.69, 9.17) is 11.6 Å². The number of carbonyl (C=O) groups excluding carboxylic acids is 1. The molecule has 0 aromatic heterocycles. The van der Waals surface area contributed by atoms with Crippen LogP contribution in [0.25, 0.3) is 0 Å². The van der Waals surface area contributed by atoms with Gasteiger partial charge in [0.1, 0.15) is 5.78 Å². The maximum atomic E-state index is 12.0. The average molecular weight is 309 g/mol. The Morgan fingerprint density at radius 1 is 1.10 bits per heavy atom. The molecule has 1 aromatic carbocycles. The lowest BCUT2D eigenvalue weighted by Gasteiger charge is -2.36.